The van der Waals surface area contributed by atoms with Crippen LogP contribution in [0.15, 0.2) is 12.3 Å². The topological polar surface area (TPSA) is 68.5 Å². The average Bonchev–Trinajstić information content (AvgIpc) is 2.86. The van der Waals surface area contributed by atoms with Crippen molar-refractivity contribution >= 4 is 11.8 Å². The van der Waals surface area contributed by atoms with Gasteiger partial charge in [-0.2, -0.15) is 0 Å². The maximum absolute atomic E-state index is 11.2. The number of aromatic carboxylic acids is 1. The SMILES string of the molecule is CC(=O)c1cc(C(=O)O)n(C2CCOC2)c1. The molecule has 1 aliphatic rings. The second-order valence-corrected chi connectivity index (χ2v) is 3.90. The molecular weight excluding hydrogens is 210 g/mol. The van der Waals surface area contributed by atoms with Crippen molar-refractivity contribution in [2.24, 2.45) is 0 Å². The summed E-state index contributed by atoms with van der Waals surface area (Å²) in [7, 11) is 0. The van der Waals surface area contributed by atoms with Crippen LogP contribution >= 0.6 is 0 Å². The molecule has 0 saturated carbocycles. The van der Waals surface area contributed by atoms with E-state index in [1.54, 1.807) is 10.8 Å². The Morgan fingerprint density at radius 1 is 1.56 bits per heavy atom. The Morgan fingerprint density at radius 2 is 2.31 bits per heavy atom. The average molecular weight is 223 g/mol. The van der Waals surface area contributed by atoms with E-state index in [-0.39, 0.29) is 17.5 Å². The molecule has 0 bridgehead atoms. The van der Waals surface area contributed by atoms with Gasteiger partial charge in [-0.25, -0.2) is 4.79 Å². The Bertz CT molecular complexity index is 429. The predicted molar refractivity (Wildman–Crippen MR) is 55.9 cm³/mol. The fourth-order valence-electron chi connectivity index (χ4n) is 1.89. The van der Waals surface area contributed by atoms with E-state index in [2.05, 4.69) is 0 Å². The van der Waals surface area contributed by atoms with Gasteiger partial charge < -0.3 is 14.4 Å². The van der Waals surface area contributed by atoms with Crippen molar-refractivity contribution in [2.75, 3.05) is 13.2 Å². The number of carbonyl (C=O) groups excluding carboxylic acids is 1. The number of ether oxygens (including phenoxy) is 1. The summed E-state index contributed by atoms with van der Waals surface area (Å²) in [4.78, 5) is 22.3. The Labute approximate surface area is 92.6 Å². The minimum absolute atomic E-state index is 0.0270. The lowest BCUT2D eigenvalue weighted by molar-refractivity contribution is 0.0681. The van der Waals surface area contributed by atoms with E-state index < -0.39 is 5.97 Å². The number of Topliss-reactive ketones (excluding diaryl/α,β-unsaturated/α-hetero) is 1. The molecule has 5 nitrogen and oxygen atoms in total. The zero-order valence-electron chi connectivity index (χ0n) is 8.97. The van der Waals surface area contributed by atoms with Crippen LogP contribution in [0.4, 0.5) is 0 Å². The van der Waals surface area contributed by atoms with E-state index in [1.165, 1.54) is 13.0 Å². The summed E-state index contributed by atoms with van der Waals surface area (Å²) < 4.78 is 6.85. The largest absolute Gasteiger partial charge is 0.477 e. The van der Waals surface area contributed by atoms with Crippen LogP contribution in [0.3, 0.4) is 0 Å². The molecule has 1 aromatic rings. The highest BCUT2D eigenvalue weighted by Crippen LogP contribution is 2.23. The minimum atomic E-state index is -1.01. The third kappa shape index (κ3) is 1.86. The number of hydrogen-bond acceptors (Lipinski definition) is 3. The molecule has 0 spiro atoms. The van der Waals surface area contributed by atoms with Crippen molar-refractivity contribution in [3.8, 4) is 0 Å². The Kier molecular flexibility index (Phi) is 2.78. The van der Waals surface area contributed by atoms with Crippen LogP contribution < -0.4 is 0 Å². The van der Waals surface area contributed by atoms with E-state index in [9.17, 15) is 9.59 Å². The zero-order chi connectivity index (χ0) is 11.7. The van der Waals surface area contributed by atoms with E-state index >= 15 is 0 Å². The molecule has 1 aliphatic heterocycles. The number of ketones is 1. The molecule has 5 heteroatoms. The summed E-state index contributed by atoms with van der Waals surface area (Å²) in [6.45, 7) is 2.57. The van der Waals surface area contributed by atoms with Gasteiger partial charge in [-0.15, -0.1) is 0 Å². The number of hydrogen-bond donors (Lipinski definition) is 1. The van der Waals surface area contributed by atoms with Gasteiger partial charge in [0.1, 0.15) is 5.69 Å². The highest BCUT2D eigenvalue weighted by atomic mass is 16.5. The summed E-state index contributed by atoms with van der Waals surface area (Å²) in [6, 6.07) is 1.45. The quantitative estimate of drug-likeness (QED) is 0.785. The number of nitrogens with zero attached hydrogens (tertiary/aromatic N) is 1. The molecule has 1 aromatic heterocycles. The molecular formula is C11H13NO4. The Morgan fingerprint density at radius 3 is 2.81 bits per heavy atom. The van der Waals surface area contributed by atoms with Gasteiger partial charge in [0.05, 0.1) is 12.6 Å². The highest BCUT2D eigenvalue weighted by Gasteiger charge is 2.23. The maximum atomic E-state index is 11.2. The van der Waals surface area contributed by atoms with Gasteiger partial charge in [-0.1, -0.05) is 0 Å². The van der Waals surface area contributed by atoms with Crippen molar-refractivity contribution < 1.29 is 19.4 Å². The zero-order valence-corrected chi connectivity index (χ0v) is 8.97. The molecule has 1 N–H and O–H groups in total. The lowest BCUT2D eigenvalue weighted by Crippen LogP contribution is -2.14. The molecule has 1 atom stereocenters. The Balaban J connectivity index is 2.40. The van der Waals surface area contributed by atoms with E-state index in [0.29, 0.717) is 18.8 Å². The fourth-order valence-corrected chi connectivity index (χ4v) is 1.89. The van der Waals surface area contributed by atoms with Crippen molar-refractivity contribution in [3.63, 3.8) is 0 Å². The standard InChI is InChI=1S/C11H13NO4/c1-7(13)8-4-10(11(14)15)12(5-8)9-2-3-16-6-9/h4-5,9H,2-3,6H2,1H3,(H,14,15). The summed E-state index contributed by atoms with van der Waals surface area (Å²) in [5.41, 5.74) is 0.588. The predicted octanol–water partition coefficient (Wildman–Crippen LogP) is 1.35. The third-order valence-electron chi connectivity index (χ3n) is 2.77. The summed E-state index contributed by atoms with van der Waals surface area (Å²) in [6.07, 6.45) is 2.39. The first-order valence-electron chi connectivity index (χ1n) is 5.13. The first kappa shape index (κ1) is 10.9. The molecule has 0 amide bonds. The number of aromatic nitrogens is 1. The smallest absolute Gasteiger partial charge is 0.352 e. The van der Waals surface area contributed by atoms with Gasteiger partial charge in [0.2, 0.25) is 0 Å². The Hall–Kier alpha value is -1.62. The number of carboxylic acid groups (broad SMARTS) is 1. The van der Waals surface area contributed by atoms with E-state index in [4.69, 9.17) is 9.84 Å². The normalized spacial score (nSPS) is 19.9. The molecule has 1 saturated heterocycles. The summed E-state index contributed by atoms with van der Waals surface area (Å²) in [5, 5.41) is 9.05. The third-order valence-corrected chi connectivity index (χ3v) is 2.77. The van der Waals surface area contributed by atoms with Crippen LogP contribution in [0, 0.1) is 0 Å². The number of carboxylic acids is 1. The minimum Gasteiger partial charge on any atom is -0.477 e. The fraction of sp³-hybridized carbons (Fsp3) is 0.455. The number of carbonyl (C=O) groups is 2. The highest BCUT2D eigenvalue weighted by molar-refractivity contribution is 5.97. The van der Waals surface area contributed by atoms with Crippen LogP contribution in [0.2, 0.25) is 0 Å². The molecule has 16 heavy (non-hydrogen) atoms. The molecule has 2 rings (SSSR count). The summed E-state index contributed by atoms with van der Waals surface area (Å²) in [5.74, 6) is -1.14. The molecule has 0 aromatic carbocycles. The van der Waals surface area contributed by atoms with Gasteiger partial charge >= 0.3 is 5.97 Å². The van der Waals surface area contributed by atoms with Crippen LogP contribution in [-0.2, 0) is 4.74 Å². The van der Waals surface area contributed by atoms with Crippen LogP contribution in [0.5, 0.6) is 0 Å². The van der Waals surface area contributed by atoms with Gasteiger partial charge in [-0.05, 0) is 19.4 Å². The van der Waals surface area contributed by atoms with Crippen molar-refractivity contribution in [1.82, 2.24) is 4.57 Å². The molecule has 2 heterocycles. The van der Waals surface area contributed by atoms with Crippen LogP contribution in [0.25, 0.3) is 0 Å². The van der Waals surface area contributed by atoms with E-state index in [1.807, 2.05) is 0 Å². The molecule has 1 unspecified atom stereocenters. The summed E-state index contributed by atoms with van der Waals surface area (Å²) >= 11 is 0. The number of rotatable bonds is 3. The lowest BCUT2D eigenvalue weighted by atomic mass is 10.2. The maximum Gasteiger partial charge on any atom is 0.352 e. The van der Waals surface area contributed by atoms with Gasteiger partial charge in [0.25, 0.3) is 0 Å². The van der Waals surface area contributed by atoms with Gasteiger partial charge in [0, 0.05) is 18.4 Å². The van der Waals surface area contributed by atoms with E-state index in [0.717, 1.165) is 6.42 Å². The lowest BCUT2D eigenvalue weighted by Gasteiger charge is -2.12. The van der Waals surface area contributed by atoms with Gasteiger partial charge in [0.15, 0.2) is 5.78 Å². The second kappa shape index (κ2) is 4.09. The molecule has 86 valence electrons. The monoisotopic (exact) mass is 223 g/mol. The molecule has 0 radical (unpaired) electrons. The first-order valence-corrected chi connectivity index (χ1v) is 5.13. The molecule has 0 aliphatic carbocycles. The molecule has 1 fully saturated rings. The van der Waals surface area contributed by atoms with Crippen molar-refractivity contribution in [1.29, 1.82) is 0 Å². The van der Waals surface area contributed by atoms with Gasteiger partial charge in [-0.3, -0.25) is 4.79 Å². The van der Waals surface area contributed by atoms with Crippen LogP contribution in [-0.4, -0.2) is 34.6 Å². The van der Waals surface area contributed by atoms with Crippen LogP contribution in [0.1, 0.15) is 40.2 Å². The van der Waals surface area contributed by atoms with Crippen molar-refractivity contribution in [3.05, 3.63) is 23.5 Å². The second-order valence-electron chi connectivity index (χ2n) is 3.90. The van der Waals surface area contributed by atoms with Crippen molar-refractivity contribution in [2.45, 2.75) is 19.4 Å². The first-order chi connectivity index (χ1) is 7.59.